The first-order chi connectivity index (χ1) is 8.78. The molecule has 0 unspecified atom stereocenters. The zero-order chi connectivity index (χ0) is 12.5. The fraction of sp³-hybridized carbons (Fsp3) is 0.286. The maximum atomic E-state index is 8.89. The maximum Gasteiger partial charge on any atom is 0.128 e. The van der Waals surface area contributed by atoms with Gasteiger partial charge in [-0.2, -0.15) is 0 Å². The van der Waals surface area contributed by atoms with Crippen molar-refractivity contribution >= 4 is 22.9 Å². The van der Waals surface area contributed by atoms with Crippen LogP contribution in [0.2, 0.25) is 5.02 Å². The summed E-state index contributed by atoms with van der Waals surface area (Å²) >= 11 is 7.83. The molecule has 1 N–H and O–H groups in total. The highest BCUT2D eigenvalue weighted by molar-refractivity contribution is 7.15. The number of benzene rings is 1. The van der Waals surface area contributed by atoms with Crippen LogP contribution in [-0.4, -0.2) is 11.7 Å². The molecule has 1 aliphatic rings. The van der Waals surface area contributed by atoms with Gasteiger partial charge in [-0.05, 0) is 37.1 Å². The van der Waals surface area contributed by atoms with Gasteiger partial charge in [0.05, 0.1) is 0 Å². The van der Waals surface area contributed by atoms with Gasteiger partial charge in [0.1, 0.15) is 12.4 Å². The largest absolute Gasteiger partial charge is 0.488 e. The molecule has 4 heteroatoms. The monoisotopic (exact) mass is 280 g/mol. The fourth-order valence-electron chi connectivity index (χ4n) is 2.16. The summed E-state index contributed by atoms with van der Waals surface area (Å²) in [5, 5.41) is 9.62. The highest BCUT2D eigenvalue weighted by Crippen LogP contribution is 2.43. The minimum absolute atomic E-state index is 0.238. The molecule has 0 fully saturated rings. The molecular formula is C14H13ClO2S. The van der Waals surface area contributed by atoms with Crippen molar-refractivity contribution in [1.82, 2.24) is 0 Å². The molecule has 2 nitrogen and oxygen atoms in total. The molecule has 0 amide bonds. The van der Waals surface area contributed by atoms with E-state index in [1.165, 1.54) is 15.3 Å². The summed E-state index contributed by atoms with van der Waals surface area (Å²) in [5.41, 5.74) is 2.31. The summed E-state index contributed by atoms with van der Waals surface area (Å²) < 4.78 is 5.72. The van der Waals surface area contributed by atoms with Crippen molar-refractivity contribution in [3.63, 3.8) is 0 Å². The summed E-state index contributed by atoms with van der Waals surface area (Å²) in [7, 11) is 0. The molecule has 2 heterocycles. The van der Waals surface area contributed by atoms with Crippen molar-refractivity contribution < 1.29 is 9.84 Å². The van der Waals surface area contributed by atoms with Crippen LogP contribution >= 0.6 is 22.9 Å². The Morgan fingerprint density at radius 2 is 2.22 bits per heavy atom. The van der Waals surface area contributed by atoms with Gasteiger partial charge in [0.25, 0.3) is 0 Å². The smallest absolute Gasteiger partial charge is 0.128 e. The molecule has 0 spiro atoms. The molecule has 0 bridgehead atoms. The molecule has 2 aromatic rings. The molecule has 0 saturated heterocycles. The number of aliphatic hydroxyl groups is 1. The molecule has 94 valence electrons. The van der Waals surface area contributed by atoms with Crippen LogP contribution in [0, 0.1) is 0 Å². The van der Waals surface area contributed by atoms with E-state index in [0.717, 1.165) is 29.2 Å². The summed E-state index contributed by atoms with van der Waals surface area (Å²) in [6.07, 6.45) is 1.73. The lowest BCUT2D eigenvalue weighted by molar-refractivity contribution is 0.289. The lowest BCUT2D eigenvalue weighted by atomic mass is 10.1. The van der Waals surface area contributed by atoms with E-state index in [-0.39, 0.29) is 6.61 Å². The summed E-state index contributed by atoms with van der Waals surface area (Å²) in [4.78, 5) is 2.55. The van der Waals surface area contributed by atoms with Crippen LogP contribution in [0.4, 0.5) is 0 Å². The first-order valence-corrected chi connectivity index (χ1v) is 7.12. The van der Waals surface area contributed by atoms with Crippen LogP contribution in [0.3, 0.4) is 0 Å². The number of thiophene rings is 1. The van der Waals surface area contributed by atoms with Gasteiger partial charge in [0.15, 0.2) is 0 Å². The molecule has 3 rings (SSSR count). The number of hydrogen-bond acceptors (Lipinski definition) is 3. The van der Waals surface area contributed by atoms with Crippen molar-refractivity contribution in [2.24, 2.45) is 0 Å². The Bertz CT molecular complexity index is 577. The van der Waals surface area contributed by atoms with E-state index in [1.54, 1.807) is 11.3 Å². The van der Waals surface area contributed by atoms with Crippen molar-refractivity contribution in [3.8, 4) is 16.2 Å². The lowest BCUT2D eigenvalue weighted by Gasteiger charge is -2.17. The molecule has 1 aromatic carbocycles. The Balaban J connectivity index is 2.01. The third kappa shape index (κ3) is 2.14. The second-order valence-corrected chi connectivity index (χ2v) is 5.90. The zero-order valence-electron chi connectivity index (χ0n) is 9.78. The summed E-state index contributed by atoms with van der Waals surface area (Å²) in [6.45, 7) is 0.862. The molecule has 0 aliphatic carbocycles. The van der Waals surface area contributed by atoms with E-state index in [1.807, 2.05) is 18.2 Å². The SMILES string of the molecule is OCCCc1cc2c(s1)-c1cc(Cl)ccc1OC2. The van der Waals surface area contributed by atoms with Crippen LogP contribution in [0.25, 0.3) is 10.4 Å². The highest BCUT2D eigenvalue weighted by Gasteiger charge is 2.20. The Morgan fingerprint density at radius 3 is 3.06 bits per heavy atom. The second kappa shape index (κ2) is 4.92. The first-order valence-electron chi connectivity index (χ1n) is 5.93. The van der Waals surface area contributed by atoms with Crippen LogP contribution in [0.5, 0.6) is 5.75 Å². The van der Waals surface area contributed by atoms with Gasteiger partial charge in [-0.1, -0.05) is 11.6 Å². The first kappa shape index (κ1) is 12.0. The van der Waals surface area contributed by atoms with Gasteiger partial charge in [-0.25, -0.2) is 0 Å². The minimum Gasteiger partial charge on any atom is -0.488 e. The van der Waals surface area contributed by atoms with Crippen molar-refractivity contribution in [2.75, 3.05) is 6.61 Å². The Kier molecular flexibility index (Phi) is 3.29. The minimum atomic E-state index is 0.238. The third-order valence-corrected chi connectivity index (χ3v) is 4.52. The number of fused-ring (bicyclic) bond motifs is 3. The molecule has 0 saturated carbocycles. The second-order valence-electron chi connectivity index (χ2n) is 4.32. The standard InChI is InChI=1S/C14H13ClO2S/c15-10-3-4-13-12(7-10)14-9(8-17-13)6-11(18-14)2-1-5-16/h3-4,6-7,16H,1-2,5,8H2. The number of ether oxygens (including phenoxy) is 1. The molecule has 1 aromatic heterocycles. The van der Waals surface area contributed by atoms with E-state index in [9.17, 15) is 0 Å². The van der Waals surface area contributed by atoms with E-state index < -0.39 is 0 Å². The van der Waals surface area contributed by atoms with Gasteiger partial charge >= 0.3 is 0 Å². The highest BCUT2D eigenvalue weighted by atomic mass is 35.5. The van der Waals surface area contributed by atoms with Gasteiger partial charge in [-0.3, -0.25) is 0 Å². The topological polar surface area (TPSA) is 29.5 Å². The Hall–Kier alpha value is -1.03. The average molecular weight is 281 g/mol. The van der Waals surface area contributed by atoms with E-state index in [2.05, 4.69) is 6.07 Å². The van der Waals surface area contributed by atoms with Crippen molar-refractivity contribution in [3.05, 3.63) is 39.7 Å². The van der Waals surface area contributed by atoms with Crippen LogP contribution in [0.1, 0.15) is 16.9 Å². The van der Waals surface area contributed by atoms with E-state index in [4.69, 9.17) is 21.4 Å². The van der Waals surface area contributed by atoms with Gasteiger partial charge in [-0.15, -0.1) is 11.3 Å². The number of hydrogen-bond donors (Lipinski definition) is 1. The van der Waals surface area contributed by atoms with Crippen LogP contribution in [-0.2, 0) is 13.0 Å². The normalized spacial score (nSPS) is 12.8. The number of rotatable bonds is 3. The predicted octanol–water partition coefficient (Wildman–Crippen LogP) is 3.89. The summed E-state index contributed by atoms with van der Waals surface area (Å²) in [6, 6.07) is 7.92. The lowest BCUT2D eigenvalue weighted by Crippen LogP contribution is -2.02. The molecule has 1 aliphatic heterocycles. The maximum absolute atomic E-state index is 8.89. The number of aliphatic hydroxyl groups excluding tert-OH is 1. The van der Waals surface area contributed by atoms with Crippen molar-refractivity contribution in [2.45, 2.75) is 19.4 Å². The molecule has 0 atom stereocenters. The van der Waals surface area contributed by atoms with E-state index in [0.29, 0.717) is 6.61 Å². The Morgan fingerprint density at radius 1 is 1.33 bits per heavy atom. The molecule has 0 radical (unpaired) electrons. The van der Waals surface area contributed by atoms with Crippen LogP contribution in [0.15, 0.2) is 24.3 Å². The van der Waals surface area contributed by atoms with Gasteiger partial charge in [0.2, 0.25) is 0 Å². The van der Waals surface area contributed by atoms with Crippen molar-refractivity contribution in [1.29, 1.82) is 0 Å². The number of aryl methyl sites for hydroxylation is 1. The van der Waals surface area contributed by atoms with Gasteiger partial charge < -0.3 is 9.84 Å². The van der Waals surface area contributed by atoms with E-state index >= 15 is 0 Å². The van der Waals surface area contributed by atoms with Gasteiger partial charge in [0, 0.05) is 32.5 Å². The molecule has 18 heavy (non-hydrogen) atoms. The number of halogens is 1. The Labute approximate surface area is 115 Å². The third-order valence-electron chi connectivity index (χ3n) is 3.01. The quantitative estimate of drug-likeness (QED) is 0.924. The summed E-state index contributed by atoms with van der Waals surface area (Å²) in [5.74, 6) is 0.905. The fourth-order valence-corrected chi connectivity index (χ4v) is 3.56. The van der Waals surface area contributed by atoms with Crippen LogP contribution < -0.4 is 4.74 Å². The molecular weight excluding hydrogens is 268 g/mol. The predicted molar refractivity (Wildman–Crippen MR) is 74.5 cm³/mol. The zero-order valence-corrected chi connectivity index (χ0v) is 11.4. The average Bonchev–Trinajstić information content (AvgIpc) is 2.79.